The van der Waals surface area contributed by atoms with E-state index in [2.05, 4.69) is 32.8 Å². The average molecular weight is 575 g/mol. The van der Waals surface area contributed by atoms with Gasteiger partial charge in [0.25, 0.3) is 0 Å². The summed E-state index contributed by atoms with van der Waals surface area (Å²) in [5.41, 5.74) is 2.23. The molecule has 0 atom stereocenters. The van der Waals surface area contributed by atoms with Crippen LogP contribution in [0.1, 0.15) is 28.1 Å². The number of nitrogens with zero attached hydrogens (tertiary/aromatic N) is 4. The van der Waals surface area contributed by atoms with Crippen molar-refractivity contribution in [3.05, 3.63) is 55.9 Å². The van der Waals surface area contributed by atoms with Gasteiger partial charge in [-0.1, -0.05) is 12.1 Å². The van der Waals surface area contributed by atoms with E-state index in [0.29, 0.717) is 43.2 Å². The van der Waals surface area contributed by atoms with Gasteiger partial charge < -0.3 is 20.1 Å². The van der Waals surface area contributed by atoms with E-state index in [0.717, 1.165) is 34.2 Å². The van der Waals surface area contributed by atoms with Gasteiger partial charge in [0.05, 0.1) is 40.3 Å². The number of anilines is 1. The molecule has 1 aliphatic rings. The fourth-order valence-electron chi connectivity index (χ4n) is 3.98. The van der Waals surface area contributed by atoms with E-state index in [-0.39, 0.29) is 18.6 Å². The Balaban J connectivity index is 1.80. The van der Waals surface area contributed by atoms with Crippen LogP contribution in [0.15, 0.2) is 24.3 Å². The molecule has 3 heterocycles. The first-order valence-corrected chi connectivity index (χ1v) is 11.7. The quantitative estimate of drug-likeness (QED) is 0.333. The molecule has 1 fully saturated rings. The van der Waals surface area contributed by atoms with Crippen LogP contribution in [0.5, 0.6) is 0 Å². The van der Waals surface area contributed by atoms with Crippen molar-refractivity contribution in [2.24, 2.45) is 0 Å². The highest BCUT2D eigenvalue weighted by Crippen LogP contribution is 2.34. The Morgan fingerprint density at radius 1 is 1.24 bits per heavy atom. The number of morpholine rings is 1. The molecule has 178 valence electrons. The molecular formula is C22H25F3IN5O2. The molecular weight excluding hydrogens is 550 g/mol. The Hall–Kier alpha value is -1.96. The molecule has 4 rings (SSSR count). The maximum Gasteiger partial charge on any atom is 0.416 e. The zero-order chi connectivity index (χ0) is 23.6. The topological polar surface area (TPSA) is 74.9 Å². The van der Waals surface area contributed by atoms with Crippen LogP contribution < -0.4 is 10.2 Å². The van der Waals surface area contributed by atoms with Crippen molar-refractivity contribution in [2.45, 2.75) is 26.1 Å². The summed E-state index contributed by atoms with van der Waals surface area (Å²) in [6, 6.07) is 6.23. The molecule has 1 saturated heterocycles. The van der Waals surface area contributed by atoms with E-state index < -0.39 is 11.7 Å². The van der Waals surface area contributed by atoms with E-state index in [1.54, 1.807) is 10.6 Å². The number of fused-ring (bicyclic) bond motifs is 1. The Kier molecular flexibility index (Phi) is 7.41. The standard InChI is InChI=1S/C22H25F3IN5O2/c1-14-15(3-2-4-16(14)22(23,24)25)11-19-18(13-27-5-8-32)28-21-17(26)12-20(29-31(19)21)30-6-9-33-10-7-30/h2-4,12,27,32H,5-11,13H2,1H3. The first-order chi connectivity index (χ1) is 15.8. The first-order valence-electron chi connectivity index (χ1n) is 10.7. The maximum atomic E-state index is 13.5. The molecule has 0 bridgehead atoms. The third-order valence-corrected chi connectivity index (χ3v) is 6.52. The number of rotatable bonds is 7. The Labute approximate surface area is 203 Å². The number of alkyl halides is 3. The van der Waals surface area contributed by atoms with Crippen LogP contribution >= 0.6 is 22.6 Å². The van der Waals surface area contributed by atoms with E-state index in [9.17, 15) is 13.2 Å². The number of ether oxygens (including phenoxy) is 1. The Morgan fingerprint density at radius 2 is 2.00 bits per heavy atom. The fraction of sp³-hybridized carbons (Fsp3) is 0.455. The second-order valence-corrected chi connectivity index (χ2v) is 9.02. The minimum atomic E-state index is -4.41. The van der Waals surface area contributed by atoms with E-state index in [1.165, 1.54) is 13.0 Å². The summed E-state index contributed by atoms with van der Waals surface area (Å²) in [7, 11) is 0. The van der Waals surface area contributed by atoms with Crippen LogP contribution in [0, 0.1) is 10.5 Å². The minimum Gasteiger partial charge on any atom is -0.395 e. The van der Waals surface area contributed by atoms with E-state index in [1.807, 2.05) is 6.07 Å². The monoisotopic (exact) mass is 575 g/mol. The van der Waals surface area contributed by atoms with Crippen molar-refractivity contribution in [3.8, 4) is 0 Å². The second-order valence-electron chi connectivity index (χ2n) is 7.86. The molecule has 2 N–H and O–H groups in total. The number of aliphatic hydroxyl groups is 1. The summed E-state index contributed by atoms with van der Waals surface area (Å²) >= 11 is 2.22. The van der Waals surface area contributed by atoms with Crippen LogP contribution in [0.4, 0.5) is 19.0 Å². The van der Waals surface area contributed by atoms with Crippen molar-refractivity contribution in [3.63, 3.8) is 0 Å². The number of hydrogen-bond acceptors (Lipinski definition) is 6. The van der Waals surface area contributed by atoms with Crippen LogP contribution in [-0.2, 0) is 23.9 Å². The van der Waals surface area contributed by atoms with E-state index >= 15 is 0 Å². The SMILES string of the molecule is Cc1c(Cc2c(CNCCO)nc3c(I)cc(N4CCOCC4)nn23)cccc1C(F)(F)F. The number of benzene rings is 1. The van der Waals surface area contributed by atoms with Gasteiger partial charge in [-0.05, 0) is 52.8 Å². The maximum absolute atomic E-state index is 13.5. The predicted octanol–water partition coefficient (Wildman–Crippen LogP) is 3.17. The first kappa shape index (κ1) is 24.2. The van der Waals surface area contributed by atoms with E-state index in [4.69, 9.17) is 19.9 Å². The molecule has 0 aliphatic carbocycles. The largest absolute Gasteiger partial charge is 0.416 e. The summed E-state index contributed by atoms with van der Waals surface area (Å²) in [5.74, 6) is 0.782. The van der Waals surface area contributed by atoms with Gasteiger partial charge in [0.1, 0.15) is 0 Å². The molecule has 0 spiro atoms. The zero-order valence-corrected chi connectivity index (χ0v) is 20.3. The van der Waals surface area contributed by atoms with Gasteiger partial charge in [0, 0.05) is 32.6 Å². The molecule has 11 heteroatoms. The van der Waals surface area contributed by atoms with Gasteiger partial charge in [-0.15, -0.1) is 5.10 Å². The number of aromatic nitrogens is 3. The number of halogens is 4. The van der Waals surface area contributed by atoms with Gasteiger partial charge >= 0.3 is 6.18 Å². The van der Waals surface area contributed by atoms with Gasteiger partial charge in [-0.3, -0.25) is 0 Å². The van der Waals surface area contributed by atoms with Gasteiger partial charge in [0.2, 0.25) is 0 Å². The summed E-state index contributed by atoms with van der Waals surface area (Å²) < 4.78 is 48.5. The molecule has 0 radical (unpaired) electrons. The Morgan fingerprint density at radius 3 is 2.70 bits per heavy atom. The molecule has 1 aromatic carbocycles. The third kappa shape index (κ3) is 5.26. The molecule has 7 nitrogen and oxygen atoms in total. The highest BCUT2D eigenvalue weighted by molar-refractivity contribution is 14.1. The van der Waals surface area contributed by atoms with Crippen molar-refractivity contribution in [1.82, 2.24) is 19.9 Å². The second kappa shape index (κ2) is 10.1. The van der Waals surface area contributed by atoms with Crippen LogP contribution in [0.3, 0.4) is 0 Å². The van der Waals surface area contributed by atoms with Crippen LogP contribution in [0.2, 0.25) is 0 Å². The van der Waals surface area contributed by atoms with Crippen molar-refractivity contribution >= 4 is 34.1 Å². The van der Waals surface area contributed by atoms with Crippen molar-refractivity contribution < 1.29 is 23.0 Å². The lowest BCUT2D eigenvalue weighted by Gasteiger charge is -2.27. The third-order valence-electron chi connectivity index (χ3n) is 5.73. The van der Waals surface area contributed by atoms with Crippen LogP contribution in [0.25, 0.3) is 5.65 Å². The lowest BCUT2D eigenvalue weighted by molar-refractivity contribution is -0.138. The van der Waals surface area contributed by atoms with Gasteiger partial charge in [-0.25, -0.2) is 9.50 Å². The molecule has 1 aliphatic heterocycles. The lowest BCUT2D eigenvalue weighted by Crippen LogP contribution is -2.37. The van der Waals surface area contributed by atoms with Crippen LogP contribution in [-0.4, -0.2) is 59.2 Å². The number of nitrogens with one attached hydrogen (secondary N) is 1. The molecule has 3 aromatic rings. The van der Waals surface area contributed by atoms with Gasteiger partial charge in [-0.2, -0.15) is 13.2 Å². The van der Waals surface area contributed by atoms with Crippen molar-refractivity contribution in [2.75, 3.05) is 44.4 Å². The molecule has 0 unspecified atom stereocenters. The Bertz CT molecular complexity index is 1130. The summed E-state index contributed by atoms with van der Waals surface area (Å²) in [6.07, 6.45) is -4.16. The normalized spacial score (nSPS) is 14.9. The molecule has 0 saturated carbocycles. The summed E-state index contributed by atoms with van der Waals surface area (Å²) in [5, 5.41) is 17.1. The molecule has 2 aromatic heterocycles. The average Bonchev–Trinajstić information content (AvgIpc) is 3.13. The van der Waals surface area contributed by atoms with Crippen molar-refractivity contribution in [1.29, 1.82) is 0 Å². The predicted molar refractivity (Wildman–Crippen MR) is 127 cm³/mol. The highest BCUT2D eigenvalue weighted by atomic mass is 127. The smallest absolute Gasteiger partial charge is 0.395 e. The summed E-state index contributed by atoms with van der Waals surface area (Å²) in [6.45, 7) is 4.92. The fourth-order valence-corrected chi connectivity index (χ4v) is 4.60. The zero-order valence-electron chi connectivity index (χ0n) is 18.1. The number of imidazole rings is 1. The highest BCUT2D eigenvalue weighted by Gasteiger charge is 2.33. The lowest BCUT2D eigenvalue weighted by atomic mass is 9.98. The van der Waals surface area contributed by atoms with Gasteiger partial charge in [0.15, 0.2) is 11.5 Å². The molecule has 0 amide bonds. The minimum absolute atomic E-state index is 0.0214. The summed E-state index contributed by atoms with van der Waals surface area (Å²) in [4.78, 5) is 6.88. The number of aliphatic hydroxyl groups excluding tert-OH is 1. The molecule has 33 heavy (non-hydrogen) atoms. The number of hydrogen-bond donors (Lipinski definition) is 2.